The zero-order valence-electron chi connectivity index (χ0n) is 19.3. The van der Waals surface area contributed by atoms with Gasteiger partial charge in [-0.25, -0.2) is 4.79 Å². The number of carboxylic acid groups (broad SMARTS) is 1. The minimum Gasteiger partial charge on any atom is -0.482 e. The first kappa shape index (κ1) is 24.0. The number of carbonyl (C=O) groups is 1. The smallest absolute Gasteiger partial charge is 0.341 e. The molecule has 0 aliphatic carbocycles. The summed E-state index contributed by atoms with van der Waals surface area (Å²) in [6.45, 7) is 1.33. The Morgan fingerprint density at radius 2 is 1.54 bits per heavy atom. The van der Waals surface area contributed by atoms with Gasteiger partial charge in [0.2, 0.25) is 0 Å². The van der Waals surface area contributed by atoms with Crippen molar-refractivity contribution in [3.05, 3.63) is 136 Å². The van der Waals surface area contributed by atoms with E-state index in [0.29, 0.717) is 25.4 Å². The highest BCUT2D eigenvalue weighted by atomic mass is 16.5. The lowest BCUT2D eigenvalue weighted by Gasteiger charge is -2.20. The molecule has 6 heteroatoms. The second kappa shape index (κ2) is 11.8. The fourth-order valence-corrected chi connectivity index (χ4v) is 4.09. The number of pyridine rings is 1. The normalized spacial score (nSPS) is 10.9. The van der Waals surface area contributed by atoms with Crippen LogP contribution in [0.1, 0.15) is 28.2 Å². The van der Waals surface area contributed by atoms with Crippen LogP contribution in [-0.2, 0) is 17.9 Å². The molecule has 2 N–H and O–H groups in total. The van der Waals surface area contributed by atoms with Gasteiger partial charge in [-0.15, -0.1) is 0 Å². The lowest BCUT2D eigenvalue weighted by atomic mass is 9.86. The van der Waals surface area contributed by atoms with Gasteiger partial charge in [0.1, 0.15) is 5.75 Å². The Morgan fingerprint density at radius 1 is 0.857 bits per heavy atom. The first-order valence-electron chi connectivity index (χ1n) is 11.5. The van der Waals surface area contributed by atoms with Crippen LogP contribution in [0.25, 0.3) is 0 Å². The first-order valence-corrected chi connectivity index (χ1v) is 11.5. The quantitative estimate of drug-likeness (QED) is 0.321. The lowest BCUT2D eigenvalue weighted by Crippen LogP contribution is -2.27. The van der Waals surface area contributed by atoms with Crippen molar-refractivity contribution in [3.8, 4) is 5.75 Å². The van der Waals surface area contributed by atoms with E-state index >= 15 is 0 Å². The third-order valence-corrected chi connectivity index (χ3v) is 5.72. The number of aromatic nitrogens is 1. The van der Waals surface area contributed by atoms with Crippen LogP contribution >= 0.6 is 0 Å². The summed E-state index contributed by atoms with van der Waals surface area (Å²) in [4.78, 5) is 23.3. The first-order chi connectivity index (χ1) is 17.1. The van der Waals surface area contributed by atoms with E-state index in [1.54, 1.807) is 16.7 Å². The Kier molecular flexibility index (Phi) is 8.09. The van der Waals surface area contributed by atoms with Crippen molar-refractivity contribution in [1.29, 1.82) is 0 Å². The number of hydrogen-bond donors (Lipinski definition) is 2. The molecule has 1 heterocycles. The Labute approximate surface area is 204 Å². The molecule has 4 rings (SSSR count). The van der Waals surface area contributed by atoms with Gasteiger partial charge >= 0.3 is 5.97 Å². The van der Waals surface area contributed by atoms with Crippen molar-refractivity contribution in [1.82, 2.24) is 9.88 Å². The largest absolute Gasteiger partial charge is 0.482 e. The van der Waals surface area contributed by atoms with Crippen LogP contribution in [0.5, 0.6) is 5.75 Å². The molecule has 0 radical (unpaired) electrons. The second-order valence-corrected chi connectivity index (χ2v) is 8.26. The topological polar surface area (TPSA) is 80.6 Å². The average molecular weight is 469 g/mol. The molecule has 4 aromatic rings. The van der Waals surface area contributed by atoms with Gasteiger partial charge in [-0.05, 0) is 34.4 Å². The number of benzene rings is 3. The Hall–Kier alpha value is -4.16. The minimum atomic E-state index is -1.01. The van der Waals surface area contributed by atoms with Crippen LogP contribution in [0.15, 0.2) is 108 Å². The van der Waals surface area contributed by atoms with Crippen LogP contribution in [0.2, 0.25) is 0 Å². The van der Waals surface area contributed by atoms with E-state index in [0.717, 1.165) is 11.1 Å². The van der Waals surface area contributed by atoms with E-state index in [2.05, 4.69) is 29.6 Å². The van der Waals surface area contributed by atoms with Crippen LogP contribution in [-0.4, -0.2) is 28.8 Å². The summed E-state index contributed by atoms with van der Waals surface area (Å²) in [5, 5.41) is 12.1. The van der Waals surface area contributed by atoms with E-state index in [1.807, 2.05) is 66.9 Å². The van der Waals surface area contributed by atoms with Crippen molar-refractivity contribution in [2.45, 2.75) is 19.0 Å². The van der Waals surface area contributed by atoms with E-state index < -0.39 is 5.97 Å². The fourth-order valence-electron chi connectivity index (χ4n) is 4.09. The molecule has 0 bridgehead atoms. The predicted octanol–water partition coefficient (Wildman–Crippen LogP) is 4.28. The van der Waals surface area contributed by atoms with Gasteiger partial charge < -0.3 is 19.7 Å². The molecule has 6 nitrogen and oxygen atoms in total. The molecular formula is C29H28N2O4. The summed E-state index contributed by atoms with van der Waals surface area (Å²) in [7, 11) is 0. The molecular weight excluding hydrogens is 440 g/mol. The minimum absolute atomic E-state index is 0.0331. The van der Waals surface area contributed by atoms with Gasteiger partial charge in [-0.2, -0.15) is 0 Å². The molecule has 178 valence electrons. The highest BCUT2D eigenvalue weighted by Crippen LogP contribution is 2.31. The van der Waals surface area contributed by atoms with Crippen LogP contribution in [0, 0.1) is 0 Å². The predicted molar refractivity (Wildman–Crippen MR) is 136 cm³/mol. The number of aliphatic carboxylic acids is 1. The van der Waals surface area contributed by atoms with E-state index in [-0.39, 0.29) is 18.1 Å². The van der Waals surface area contributed by atoms with Crippen molar-refractivity contribution in [3.63, 3.8) is 0 Å². The number of carboxylic acids is 1. The Morgan fingerprint density at radius 3 is 2.20 bits per heavy atom. The molecule has 0 atom stereocenters. The second-order valence-electron chi connectivity index (χ2n) is 8.26. The molecule has 3 aromatic carbocycles. The van der Waals surface area contributed by atoms with Gasteiger partial charge in [0.25, 0.3) is 5.56 Å². The molecule has 0 saturated heterocycles. The van der Waals surface area contributed by atoms with Crippen LogP contribution in [0.4, 0.5) is 0 Å². The molecule has 0 aliphatic heterocycles. The highest BCUT2D eigenvalue weighted by molar-refractivity contribution is 5.68. The van der Waals surface area contributed by atoms with Crippen molar-refractivity contribution in [2.75, 3.05) is 13.2 Å². The maximum Gasteiger partial charge on any atom is 0.341 e. The van der Waals surface area contributed by atoms with Crippen molar-refractivity contribution in [2.24, 2.45) is 0 Å². The van der Waals surface area contributed by atoms with Crippen LogP contribution in [0.3, 0.4) is 0 Å². The van der Waals surface area contributed by atoms with Gasteiger partial charge in [-0.3, -0.25) is 4.79 Å². The summed E-state index contributed by atoms with van der Waals surface area (Å²) in [6, 6.07) is 31.5. The summed E-state index contributed by atoms with van der Waals surface area (Å²) in [6.07, 6.45) is 1.95. The fraction of sp³-hybridized carbons (Fsp3) is 0.172. The summed E-state index contributed by atoms with van der Waals surface area (Å²) in [5.41, 5.74) is 4.34. The number of rotatable bonds is 11. The maximum absolute atomic E-state index is 12.6. The van der Waals surface area contributed by atoms with Crippen molar-refractivity contribution < 1.29 is 14.6 Å². The molecule has 35 heavy (non-hydrogen) atoms. The molecule has 0 saturated carbocycles. The van der Waals surface area contributed by atoms with Gasteiger partial charge in [0.05, 0.1) is 0 Å². The molecule has 0 unspecified atom stereocenters. The standard InChI is InChI=1S/C29H28N2O4/c32-27-15-14-25(29(23-9-3-1-4-10-23)24-11-5-2-6-12-24)20-31(27)17-16-30-19-22-8-7-13-26(18-22)35-21-28(33)34/h1-15,18,20,29-30H,16-17,19,21H2,(H,33,34). The molecule has 0 amide bonds. The monoisotopic (exact) mass is 468 g/mol. The number of ether oxygens (including phenoxy) is 1. The number of nitrogens with zero attached hydrogens (tertiary/aromatic N) is 1. The molecule has 0 aliphatic rings. The summed E-state index contributed by atoms with van der Waals surface area (Å²) < 4.78 is 6.98. The van der Waals surface area contributed by atoms with E-state index in [9.17, 15) is 9.59 Å². The number of nitrogens with one attached hydrogen (secondary N) is 1. The van der Waals surface area contributed by atoms with Gasteiger partial charge in [-0.1, -0.05) is 78.9 Å². The van der Waals surface area contributed by atoms with Crippen LogP contribution < -0.4 is 15.6 Å². The summed E-state index contributed by atoms with van der Waals surface area (Å²) in [5.74, 6) is -0.461. The third kappa shape index (κ3) is 6.68. The molecule has 0 fully saturated rings. The van der Waals surface area contributed by atoms with Gasteiger partial charge in [0.15, 0.2) is 6.61 Å². The van der Waals surface area contributed by atoms with E-state index in [1.165, 1.54) is 11.1 Å². The molecule has 1 aromatic heterocycles. The summed E-state index contributed by atoms with van der Waals surface area (Å²) >= 11 is 0. The SMILES string of the molecule is O=C(O)COc1cccc(CNCCn2cc(C(c3ccccc3)c3ccccc3)ccc2=O)c1. The van der Waals surface area contributed by atoms with Crippen molar-refractivity contribution >= 4 is 5.97 Å². The van der Waals surface area contributed by atoms with Gasteiger partial charge in [0, 0.05) is 37.8 Å². The number of hydrogen-bond acceptors (Lipinski definition) is 4. The Bertz CT molecular complexity index is 1260. The third-order valence-electron chi connectivity index (χ3n) is 5.72. The maximum atomic E-state index is 12.6. The van der Waals surface area contributed by atoms with E-state index in [4.69, 9.17) is 9.84 Å². The molecule has 0 spiro atoms. The average Bonchev–Trinajstić information content (AvgIpc) is 2.89. The highest BCUT2D eigenvalue weighted by Gasteiger charge is 2.17. The Balaban J connectivity index is 1.44. The zero-order valence-corrected chi connectivity index (χ0v) is 19.3. The zero-order chi connectivity index (χ0) is 24.5. The lowest BCUT2D eigenvalue weighted by molar-refractivity contribution is -0.139.